The Morgan fingerprint density at radius 1 is 0.360 bits per heavy atom. The molecule has 0 N–H and O–H groups in total. The summed E-state index contributed by atoms with van der Waals surface area (Å²) in [6.45, 7) is 18.3. The second-order valence-corrected chi connectivity index (χ2v) is 43.4. The van der Waals surface area contributed by atoms with E-state index in [1.807, 2.05) is 0 Å². The second-order valence-electron chi connectivity index (χ2n) is 10.4. The highest BCUT2D eigenvalue weighted by molar-refractivity contribution is 7.21. The first kappa shape index (κ1) is 27.2. The molecule has 0 aliphatic rings. The van der Waals surface area contributed by atoms with E-state index in [1.54, 1.807) is 0 Å². The van der Waals surface area contributed by atoms with Crippen molar-refractivity contribution < 1.29 is 0 Å². The van der Waals surface area contributed by atoms with Crippen molar-refractivity contribution in [2.45, 2.75) is 101 Å². The standard InChI is InChI=1S/C16H40Cl4Si5/c1-21(2,17)9-13-25(14-10-22(3,4)18,15-11-23(5,6)19)16-12-24(7,8)20/h9-16H2,1-8H3. The maximum atomic E-state index is 6.72. The first-order valence-electron chi connectivity index (χ1n) is 9.58. The van der Waals surface area contributed by atoms with E-state index in [-0.39, 0.29) is 0 Å². The molecule has 0 atom stereocenters. The van der Waals surface area contributed by atoms with Crippen LogP contribution in [-0.4, -0.2) is 37.6 Å². The van der Waals surface area contributed by atoms with Crippen LogP contribution in [0.2, 0.25) is 101 Å². The number of hydrogen-bond donors (Lipinski definition) is 0. The summed E-state index contributed by atoms with van der Waals surface area (Å²) in [5, 5.41) is 0. The average molecular weight is 515 g/mol. The van der Waals surface area contributed by atoms with E-state index < -0.39 is 37.6 Å². The Hall–Kier alpha value is 2.24. The van der Waals surface area contributed by atoms with Crippen molar-refractivity contribution in [1.29, 1.82) is 0 Å². The smallest absolute Gasteiger partial charge is 0.150 e. The molecule has 0 aromatic rings. The molecular formula is C16H40Cl4Si5. The van der Waals surface area contributed by atoms with Gasteiger partial charge < -0.3 is 0 Å². The molecular weight excluding hydrogens is 474 g/mol. The number of halogens is 4. The summed E-state index contributed by atoms with van der Waals surface area (Å²) in [5.41, 5.74) is 0. The lowest BCUT2D eigenvalue weighted by atomic mass is 10.9. The molecule has 0 saturated heterocycles. The molecule has 0 fully saturated rings. The fourth-order valence-corrected chi connectivity index (χ4v) is 25.9. The van der Waals surface area contributed by atoms with Gasteiger partial charge in [-0.1, -0.05) is 76.6 Å². The van der Waals surface area contributed by atoms with Gasteiger partial charge in [0.2, 0.25) is 0 Å². The Kier molecular flexibility index (Phi) is 11.3. The summed E-state index contributed by atoms with van der Waals surface area (Å²) in [6, 6.07) is 10.4. The minimum absolute atomic E-state index is 1.24. The van der Waals surface area contributed by atoms with Crippen molar-refractivity contribution in [3.63, 3.8) is 0 Å². The topological polar surface area (TPSA) is 0 Å². The molecule has 0 aliphatic carbocycles. The van der Waals surface area contributed by atoms with Crippen molar-refractivity contribution in [3.8, 4) is 0 Å². The van der Waals surface area contributed by atoms with Gasteiger partial charge in [0, 0.05) is 0 Å². The second kappa shape index (κ2) is 10.3. The molecule has 0 unspecified atom stereocenters. The van der Waals surface area contributed by atoms with E-state index in [0.29, 0.717) is 0 Å². The minimum atomic E-state index is -1.55. The third-order valence-corrected chi connectivity index (χ3v) is 20.3. The normalized spacial score (nSPS) is 14.9. The molecule has 0 radical (unpaired) electrons. The first-order valence-corrected chi connectivity index (χ1v) is 29.3. The zero-order chi connectivity index (χ0) is 20.2. The van der Waals surface area contributed by atoms with E-state index in [9.17, 15) is 0 Å². The summed E-state index contributed by atoms with van der Waals surface area (Å²) in [7, 11) is -7.63. The van der Waals surface area contributed by atoms with Crippen LogP contribution in [0.4, 0.5) is 0 Å². The quantitative estimate of drug-likeness (QED) is 0.180. The summed E-state index contributed by atoms with van der Waals surface area (Å²) in [6.07, 6.45) is 0. The van der Waals surface area contributed by atoms with E-state index in [0.717, 1.165) is 0 Å². The zero-order valence-corrected chi connectivity index (χ0v) is 25.7. The number of rotatable bonds is 12. The first-order chi connectivity index (χ1) is 10.8. The zero-order valence-electron chi connectivity index (χ0n) is 17.7. The van der Waals surface area contributed by atoms with Gasteiger partial charge >= 0.3 is 0 Å². The molecule has 0 nitrogen and oxygen atoms in total. The molecule has 0 heterocycles. The molecule has 0 bridgehead atoms. The molecule has 152 valence electrons. The Bertz CT molecular complexity index is 314. The molecule has 0 spiro atoms. The maximum Gasteiger partial charge on any atom is 0.150 e. The van der Waals surface area contributed by atoms with Crippen molar-refractivity contribution in [3.05, 3.63) is 0 Å². The van der Waals surface area contributed by atoms with Crippen LogP contribution in [0.1, 0.15) is 0 Å². The van der Waals surface area contributed by atoms with Crippen LogP contribution in [0, 0.1) is 0 Å². The molecule has 0 amide bonds. The van der Waals surface area contributed by atoms with Crippen LogP contribution in [0.15, 0.2) is 0 Å². The van der Waals surface area contributed by atoms with Crippen LogP contribution in [0.25, 0.3) is 0 Å². The van der Waals surface area contributed by atoms with Crippen molar-refractivity contribution in [2.24, 2.45) is 0 Å². The maximum absolute atomic E-state index is 6.72. The molecule has 0 aromatic carbocycles. The van der Waals surface area contributed by atoms with Gasteiger partial charge in [-0.25, -0.2) is 0 Å². The van der Waals surface area contributed by atoms with Crippen molar-refractivity contribution >= 4 is 81.9 Å². The predicted octanol–water partition coefficient (Wildman–Crippen LogP) is 9.21. The SMILES string of the molecule is C[Si](C)(Cl)CC[Si](CC[Si](C)(C)Cl)(CC[Si](C)(C)Cl)CC[Si](C)(C)Cl. The van der Waals surface area contributed by atoms with Crippen molar-refractivity contribution in [2.75, 3.05) is 0 Å². The Morgan fingerprint density at radius 3 is 0.640 bits per heavy atom. The fraction of sp³-hybridized carbons (Fsp3) is 1.00. The third kappa shape index (κ3) is 16.9. The van der Waals surface area contributed by atoms with Gasteiger partial charge in [-0.3, -0.25) is 0 Å². The highest BCUT2D eigenvalue weighted by Gasteiger charge is 2.39. The van der Waals surface area contributed by atoms with Crippen molar-refractivity contribution in [1.82, 2.24) is 0 Å². The summed E-state index contributed by atoms with van der Waals surface area (Å²) in [5.74, 6) is 0. The van der Waals surface area contributed by atoms with Crippen LogP contribution in [0.3, 0.4) is 0 Å². The van der Waals surface area contributed by atoms with Gasteiger partial charge in [0.15, 0.2) is 0 Å². The van der Waals surface area contributed by atoms with Gasteiger partial charge in [-0.2, -0.15) is 44.3 Å². The molecule has 0 aromatic heterocycles. The Labute approximate surface area is 181 Å². The summed E-state index contributed by atoms with van der Waals surface area (Å²) in [4.78, 5) is 0. The van der Waals surface area contributed by atoms with E-state index in [2.05, 4.69) is 52.4 Å². The monoisotopic (exact) mass is 512 g/mol. The summed E-state index contributed by atoms with van der Waals surface area (Å²) < 4.78 is 0. The molecule has 25 heavy (non-hydrogen) atoms. The van der Waals surface area contributed by atoms with Gasteiger partial charge in [0.25, 0.3) is 0 Å². The van der Waals surface area contributed by atoms with Gasteiger partial charge in [0.1, 0.15) is 29.5 Å². The Morgan fingerprint density at radius 2 is 0.520 bits per heavy atom. The lowest BCUT2D eigenvalue weighted by molar-refractivity contribution is 1.08. The molecule has 0 saturated carbocycles. The largest absolute Gasteiger partial charge is 0.168 e. The molecule has 0 rings (SSSR count). The van der Waals surface area contributed by atoms with E-state index >= 15 is 0 Å². The minimum Gasteiger partial charge on any atom is -0.168 e. The van der Waals surface area contributed by atoms with E-state index in [4.69, 9.17) is 44.3 Å². The average Bonchev–Trinajstić information content (AvgIpc) is 2.33. The van der Waals surface area contributed by atoms with Crippen LogP contribution in [0.5, 0.6) is 0 Å². The lowest BCUT2D eigenvalue weighted by Crippen LogP contribution is -2.40. The van der Waals surface area contributed by atoms with Crippen LogP contribution in [-0.2, 0) is 0 Å². The Balaban J connectivity index is 5.41. The van der Waals surface area contributed by atoms with Gasteiger partial charge in [-0.15, -0.1) is 0 Å². The van der Waals surface area contributed by atoms with Crippen LogP contribution < -0.4 is 0 Å². The fourth-order valence-electron chi connectivity index (χ4n) is 3.00. The summed E-state index contributed by atoms with van der Waals surface area (Å²) >= 11 is 26.9. The highest BCUT2D eigenvalue weighted by atomic mass is 35.6. The predicted molar refractivity (Wildman–Crippen MR) is 138 cm³/mol. The lowest BCUT2D eigenvalue weighted by Gasteiger charge is -2.37. The van der Waals surface area contributed by atoms with E-state index in [1.165, 1.54) is 48.4 Å². The van der Waals surface area contributed by atoms with Gasteiger partial charge in [0.05, 0.1) is 8.07 Å². The number of hydrogen-bond acceptors (Lipinski definition) is 0. The third-order valence-electron chi connectivity index (χ3n) is 5.00. The van der Waals surface area contributed by atoms with Gasteiger partial charge in [-0.05, 0) is 24.2 Å². The molecule has 0 aliphatic heterocycles. The molecule has 9 heteroatoms. The highest BCUT2D eigenvalue weighted by Crippen LogP contribution is 2.40. The van der Waals surface area contributed by atoms with Crippen LogP contribution >= 0.6 is 44.3 Å².